The molecule has 2 aliphatic heterocycles. The zero-order valence-corrected chi connectivity index (χ0v) is 16.3. The summed E-state index contributed by atoms with van der Waals surface area (Å²) in [6.07, 6.45) is 0.223. The SMILES string of the molecule is O=C1C[C@@H]([NH+]2CCN(c3ccccc3F)CC2)C(=O)N1c1cccc(Br)c1. The second-order valence-corrected chi connectivity index (χ2v) is 7.82. The summed E-state index contributed by atoms with van der Waals surface area (Å²) in [6.45, 7) is 2.71. The van der Waals surface area contributed by atoms with Crippen LogP contribution in [0.5, 0.6) is 0 Å². The first-order chi connectivity index (χ1) is 13.0. The van der Waals surface area contributed by atoms with Crippen LogP contribution in [0.2, 0.25) is 0 Å². The minimum atomic E-state index is -0.362. The van der Waals surface area contributed by atoms with Gasteiger partial charge in [-0.3, -0.25) is 9.59 Å². The van der Waals surface area contributed by atoms with Crippen LogP contribution in [0, 0.1) is 5.82 Å². The number of quaternary nitrogens is 1. The number of imide groups is 1. The fourth-order valence-corrected chi connectivity index (χ4v) is 4.32. The molecule has 2 aliphatic rings. The molecule has 2 fully saturated rings. The normalized spacial score (nSPS) is 21.2. The molecule has 4 rings (SSSR count). The molecular weight excluding hydrogens is 413 g/mol. The fraction of sp³-hybridized carbons (Fsp3) is 0.300. The summed E-state index contributed by atoms with van der Waals surface area (Å²) in [5.74, 6) is -0.534. The molecule has 0 saturated carbocycles. The van der Waals surface area contributed by atoms with E-state index in [1.807, 2.05) is 23.1 Å². The van der Waals surface area contributed by atoms with Crippen molar-refractivity contribution >= 4 is 39.1 Å². The molecule has 1 N–H and O–H groups in total. The summed E-state index contributed by atoms with van der Waals surface area (Å²) in [6, 6.07) is 13.6. The first-order valence-corrected chi connectivity index (χ1v) is 9.80. The Morgan fingerprint density at radius 2 is 1.78 bits per heavy atom. The predicted molar refractivity (Wildman–Crippen MR) is 104 cm³/mol. The van der Waals surface area contributed by atoms with Gasteiger partial charge in [0.2, 0.25) is 5.91 Å². The summed E-state index contributed by atoms with van der Waals surface area (Å²) in [7, 11) is 0. The van der Waals surface area contributed by atoms with Gasteiger partial charge < -0.3 is 9.80 Å². The highest BCUT2D eigenvalue weighted by Crippen LogP contribution is 2.25. The predicted octanol–water partition coefficient (Wildman–Crippen LogP) is 1.63. The average molecular weight is 433 g/mol. The van der Waals surface area contributed by atoms with E-state index >= 15 is 0 Å². The van der Waals surface area contributed by atoms with Crippen LogP contribution in [-0.2, 0) is 9.59 Å². The topological polar surface area (TPSA) is 45.1 Å². The molecule has 0 unspecified atom stereocenters. The largest absolute Gasteiger partial charge is 0.358 e. The number of piperazine rings is 1. The Morgan fingerprint density at radius 3 is 2.48 bits per heavy atom. The molecule has 0 spiro atoms. The lowest BCUT2D eigenvalue weighted by Gasteiger charge is -2.35. The number of halogens is 2. The number of nitrogens with zero attached hydrogens (tertiary/aromatic N) is 2. The van der Waals surface area contributed by atoms with Gasteiger partial charge in [0.15, 0.2) is 6.04 Å². The lowest BCUT2D eigenvalue weighted by Crippen LogP contribution is -3.19. The molecular formula is C20H20BrFN3O2+. The summed E-state index contributed by atoms with van der Waals surface area (Å²) < 4.78 is 14.8. The van der Waals surface area contributed by atoms with Gasteiger partial charge in [0, 0.05) is 4.47 Å². The van der Waals surface area contributed by atoms with Crippen LogP contribution in [0.25, 0.3) is 0 Å². The molecule has 0 aromatic heterocycles. The number of rotatable bonds is 3. The highest BCUT2D eigenvalue weighted by atomic mass is 79.9. The van der Waals surface area contributed by atoms with Crippen molar-refractivity contribution in [2.24, 2.45) is 0 Å². The van der Waals surface area contributed by atoms with Crippen molar-refractivity contribution in [3.63, 3.8) is 0 Å². The van der Waals surface area contributed by atoms with Crippen molar-refractivity contribution in [3.8, 4) is 0 Å². The van der Waals surface area contributed by atoms with Gasteiger partial charge in [-0.15, -0.1) is 0 Å². The first kappa shape index (κ1) is 18.1. The van der Waals surface area contributed by atoms with E-state index in [1.165, 1.54) is 11.0 Å². The van der Waals surface area contributed by atoms with E-state index in [-0.39, 0.29) is 30.1 Å². The number of hydrogen-bond donors (Lipinski definition) is 1. The highest BCUT2D eigenvalue weighted by Gasteiger charge is 2.46. The minimum Gasteiger partial charge on any atom is -0.358 e. The Hall–Kier alpha value is -2.25. The average Bonchev–Trinajstić information content (AvgIpc) is 2.96. The van der Waals surface area contributed by atoms with Gasteiger partial charge >= 0.3 is 0 Å². The summed E-state index contributed by atoms with van der Waals surface area (Å²) >= 11 is 3.38. The number of carbonyl (C=O) groups is 2. The maximum absolute atomic E-state index is 14.0. The van der Waals surface area contributed by atoms with E-state index in [4.69, 9.17) is 0 Å². The maximum Gasteiger partial charge on any atom is 0.292 e. The van der Waals surface area contributed by atoms with Crippen LogP contribution >= 0.6 is 15.9 Å². The number of nitrogens with one attached hydrogen (secondary N) is 1. The van der Waals surface area contributed by atoms with E-state index < -0.39 is 0 Å². The van der Waals surface area contributed by atoms with E-state index in [0.29, 0.717) is 37.6 Å². The summed E-state index contributed by atoms with van der Waals surface area (Å²) in [5.41, 5.74) is 1.20. The Labute approximate surface area is 165 Å². The lowest BCUT2D eigenvalue weighted by atomic mass is 10.1. The van der Waals surface area contributed by atoms with Gasteiger partial charge in [-0.25, -0.2) is 9.29 Å². The van der Waals surface area contributed by atoms with Crippen LogP contribution in [-0.4, -0.2) is 44.0 Å². The van der Waals surface area contributed by atoms with Crippen molar-refractivity contribution in [2.75, 3.05) is 36.0 Å². The molecule has 2 aromatic rings. The molecule has 0 bridgehead atoms. The van der Waals surface area contributed by atoms with Gasteiger partial charge in [0.05, 0.1) is 44.0 Å². The molecule has 140 valence electrons. The number of hydrogen-bond acceptors (Lipinski definition) is 3. The quantitative estimate of drug-likeness (QED) is 0.749. The van der Waals surface area contributed by atoms with E-state index in [2.05, 4.69) is 15.9 Å². The van der Waals surface area contributed by atoms with Crippen LogP contribution in [0.1, 0.15) is 6.42 Å². The molecule has 2 amide bonds. The third kappa shape index (κ3) is 3.49. The first-order valence-electron chi connectivity index (χ1n) is 9.01. The molecule has 27 heavy (non-hydrogen) atoms. The molecule has 2 saturated heterocycles. The highest BCUT2D eigenvalue weighted by molar-refractivity contribution is 9.10. The fourth-order valence-electron chi connectivity index (χ4n) is 3.93. The standard InChI is InChI=1S/C20H19BrFN3O2/c21-14-4-3-5-15(12-14)25-19(26)13-18(20(25)27)24-10-8-23(9-11-24)17-7-2-1-6-16(17)22/h1-7,12,18H,8-11,13H2/p+1/t18-/m1/s1. The molecule has 5 nitrogen and oxygen atoms in total. The monoisotopic (exact) mass is 432 g/mol. The lowest BCUT2D eigenvalue weighted by molar-refractivity contribution is -0.915. The van der Waals surface area contributed by atoms with Gasteiger partial charge in [0.25, 0.3) is 5.91 Å². The van der Waals surface area contributed by atoms with Gasteiger partial charge in [-0.2, -0.15) is 0 Å². The molecule has 2 aromatic carbocycles. The van der Waals surface area contributed by atoms with E-state index in [9.17, 15) is 14.0 Å². The minimum absolute atomic E-state index is 0.146. The third-order valence-corrected chi connectivity index (χ3v) is 5.80. The second-order valence-electron chi connectivity index (χ2n) is 6.90. The zero-order chi connectivity index (χ0) is 19.0. The van der Waals surface area contributed by atoms with Crippen LogP contribution in [0.4, 0.5) is 15.8 Å². The number of carbonyl (C=O) groups excluding carboxylic acids is 2. The molecule has 7 heteroatoms. The van der Waals surface area contributed by atoms with Gasteiger partial charge in [0.1, 0.15) is 5.82 Å². The number of amides is 2. The Balaban J connectivity index is 1.45. The van der Waals surface area contributed by atoms with Crippen molar-refractivity contribution in [2.45, 2.75) is 12.5 Å². The Bertz CT molecular complexity index is 883. The van der Waals surface area contributed by atoms with Crippen molar-refractivity contribution in [1.29, 1.82) is 0 Å². The van der Waals surface area contributed by atoms with E-state index in [1.54, 1.807) is 24.3 Å². The molecule has 0 radical (unpaired) electrons. The zero-order valence-electron chi connectivity index (χ0n) is 14.7. The summed E-state index contributed by atoms with van der Waals surface area (Å²) in [5, 5.41) is 0. The van der Waals surface area contributed by atoms with Crippen LogP contribution in [0.15, 0.2) is 53.0 Å². The van der Waals surface area contributed by atoms with Crippen molar-refractivity contribution in [3.05, 3.63) is 58.8 Å². The molecule has 1 atom stereocenters. The van der Waals surface area contributed by atoms with Crippen LogP contribution < -0.4 is 14.7 Å². The smallest absolute Gasteiger partial charge is 0.292 e. The third-order valence-electron chi connectivity index (χ3n) is 5.30. The van der Waals surface area contributed by atoms with Gasteiger partial charge in [-0.1, -0.05) is 34.1 Å². The number of benzene rings is 2. The number of para-hydroxylation sites is 1. The van der Waals surface area contributed by atoms with Gasteiger partial charge in [-0.05, 0) is 30.3 Å². The van der Waals surface area contributed by atoms with E-state index in [0.717, 1.165) is 9.37 Å². The number of anilines is 2. The van der Waals surface area contributed by atoms with Crippen LogP contribution in [0.3, 0.4) is 0 Å². The maximum atomic E-state index is 14.0. The van der Waals surface area contributed by atoms with Crippen molar-refractivity contribution in [1.82, 2.24) is 0 Å². The Morgan fingerprint density at radius 1 is 1.04 bits per heavy atom. The van der Waals surface area contributed by atoms with Crippen molar-refractivity contribution < 1.29 is 18.9 Å². The second kappa shape index (κ2) is 7.40. The summed E-state index contributed by atoms with van der Waals surface area (Å²) in [4.78, 5) is 29.8. The molecule has 2 heterocycles. The molecule has 0 aliphatic carbocycles. The Kier molecular flexibility index (Phi) is 4.97.